The highest BCUT2D eigenvalue weighted by atomic mass is 28.3. The maximum Gasteiger partial charge on any atom is 0.179 e. The Morgan fingerprint density at radius 1 is 0.306 bits per heavy atom. The highest BCUT2D eigenvalue weighted by molar-refractivity contribution is 7.32. The van der Waals surface area contributed by atoms with E-state index < -0.39 is 22.2 Å². The fourth-order valence-corrected chi connectivity index (χ4v) is 24.6. The van der Waals surface area contributed by atoms with E-state index in [0.29, 0.717) is 5.56 Å². The van der Waals surface area contributed by atoms with Crippen LogP contribution >= 0.6 is 0 Å². The quantitative estimate of drug-likeness (QED) is 0.141. The lowest BCUT2D eigenvalue weighted by Gasteiger charge is -2.48. The molecule has 1 aliphatic rings. The Bertz CT molecular complexity index is 4360. The van der Waals surface area contributed by atoms with Crippen molar-refractivity contribution in [1.29, 1.82) is 0 Å². The molecule has 72 heavy (non-hydrogen) atoms. The summed E-state index contributed by atoms with van der Waals surface area (Å²) in [5.74, 6) is 0. The van der Waals surface area contributed by atoms with E-state index in [2.05, 4.69) is 247 Å². The van der Waals surface area contributed by atoms with Gasteiger partial charge < -0.3 is 9.13 Å². The summed E-state index contributed by atoms with van der Waals surface area (Å²) in [6, 6.07) is 86.2. The summed E-state index contributed by atoms with van der Waals surface area (Å²) >= 11 is 0. The van der Waals surface area contributed by atoms with Crippen LogP contribution < -0.4 is 41.5 Å². The Balaban J connectivity index is 1.02. The van der Waals surface area contributed by atoms with Crippen LogP contribution in [0.4, 0.5) is 0 Å². The highest BCUT2D eigenvalue weighted by Gasteiger charge is 2.56. The van der Waals surface area contributed by atoms with Crippen molar-refractivity contribution in [2.45, 2.75) is 13.8 Å². The van der Waals surface area contributed by atoms with E-state index in [9.17, 15) is 0 Å². The second kappa shape index (κ2) is 16.5. The third-order valence-corrected chi connectivity index (χ3v) is 25.8. The minimum absolute atomic E-state index is 0.184. The van der Waals surface area contributed by atoms with Crippen molar-refractivity contribution in [3.8, 4) is 22.5 Å². The Morgan fingerprint density at radius 3 is 1.14 bits per heavy atom. The maximum absolute atomic E-state index is 9.00. The largest absolute Gasteiger partial charge is 0.309 e. The molecule has 3 heterocycles. The molecule has 14 rings (SSSR count). The lowest BCUT2D eigenvalue weighted by Crippen LogP contribution is -2.93. The summed E-state index contributed by atoms with van der Waals surface area (Å²) in [6.07, 6.45) is 0. The number of aryl methyl sites for hydroxylation is 2. The minimum Gasteiger partial charge on any atom is -0.309 e. The van der Waals surface area contributed by atoms with Crippen LogP contribution in [0.1, 0.15) is 18.0 Å². The van der Waals surface area contributed by atoms with Crippen molar-refractivity contribution in [1.82, 2.24) is 9.13 Å². The molecule has 2 aromatic heterocycles. The molecule has 2 nitrogen and oxygen atoms in total. The maximum atomic E-state index is 9.00. The van der Waals surface area contributed by atoms with Gasteiger partial charge in [0.25, 0.3) is 0 Å². The van der Waals surface area contributed by atoms with Crippen molar-refractivity contribution < 1.29 is 6.85 Å². The first-order chi connectivity index (χ1) is 37.6. The molecule has 0 atom stereocenters. The second-order valence-electron chi connectivity index (χ2n) is 19.4. The van der Waals surface area contributed by atoms with Gasteiger partial charge >= 0.3 is 0 Å². The SMILES string of the molecule is [2H]c1c([2H])c([2H])c(-c2ccc3c(c2)c2cc(-n4c5ccc(C)cc5c5cc(C)ccc54)ccc2n3-c2ccc([Si]3(c4ccccc4)c4ccccc4[Si](c4ccccc4)(c4ccccc4)c4ccccc43)cc2)c([2H])c1[2H]. The van der Waals surface area contributed by atoms with Crippen LogP contribution in [0, 0.1) is 13.8 Å². The van der Waals surface area contributed by atoms with E-state index in [1.807, 2.05) is 12.1 Å². The van der Waals surface area contributed by atoms with Gasteiger partial charge in [-0.05, 0) is 133 Å². The van der Waals surface area contributed by atoms with E-state index in [-0.39, 0.29) is 29.7 Å². The number of rotatable bonds is 7. The fraction of sp³-hybridized carbons (Fsp3) is 0.0294. The van der Waals surface area contributed by atoms with Crippen molar-refractivity contribution in [2.75, 3.05) is 0 Å². The summed E-state index contributed by atoms with van der Waals surface area (Å²) in [6.45, 7) is 4.28. The molecule has 0 N–H and O–H groups in total. The zero-order valence-electron chi connectivity index (χ0n) is 44.9. The number of aromatic nitrogens is 2. The molecular weight excluding hydrogens is 901 g/mol. The zero-order valence-corrected chi connectivity index (χ0v) is 41.9. The third kappa shape index (κ3) is 6.13. The van der Waals surface area contributed by atoms with Crippen LogP contribution in [-0.4, -0.2) is 25.3 Å². The summed E-state index contributed by atoms with van der Waals surface area (Å²) in [4.78, 5) is 0. The topological polar surface area (TPSA) is 9.86 Å². The van der Waals surface area contributed by atoms with E-state index in [0.717, 1.165) is 44.2 Å². The van der Waals surface area contributed by atoms with Crippen LogP contribution in [-0.2, 0) is 0 Å². The molecular formula is C68H50N2Si2. The van der Waals surface area contributed by atoms with Crippen molar-refractivity contribution in [3.63, 3.8) is 0 Å². The second-order valence-corrected chi connectivity index (χ2v) is 26.8. The zero-order chi connectivity index (χ0) is 52.3. The molecule has 0 unspecified atom stereocenters. The minimum atomic E-state index is -3.06. The Morgan fingerprint density at radius 2 is 0.667 bits per heavy atom. The molecule has 0 radical (unpaired) electrons. The molecule has 340 valence electrons. The van der Waals surface area contributed by atoms with Gasteiger partial charge in [-0.1, -0.05) is 211 Å². The smallest absolute Gasteiger partial charge is 0.179 e. The van der Waals surface area contributed by atoms with Crippen molar-refractivity contribution in [3.05, 3.63) is 278 Å². The van der Waals surface area contributed by atoms with E-state index in [4.69, 9.17) is 6.85 Å². The van der Waals surface area contributed by atoms with Gasteiger partial charge in [0.05, 0.1) is 28.9 Å². The number of hydrogen-bond donors (Lipinski definition) is 0. The normalized spacial score (nSPS) is 14.6. The molecule has 0 fully saturated rings. The van der Waals surface area contributed by atoms with Gasteiger partial charge in [0.2, 0.25) is 0 Å². The van der Waals surface area contributed by atoms with Crippen LogP contribution in [0.5, 0.6) is 0 Å². The summed E-state index contributed by atoms with van der Waals surface area (Å²) in [5.41, 5.74) is 9.31. The highest BCUT2D eigenvalue weighted by Crippen LogP contribution is 2.39. The predicted molar refractivity (Wildman–Crippen MR) is 311 cm³/mol. The first-order valence-electron chi connectivity index (χ1n) is 27.3. The van der Waals surface area contributed by atoms with Crippen molar-refractivity contribution >= 4 is 101 Å². The Hall–Kier alpha value is -8.55. The molecule has 11 aromatic carbocycles. The summed E-state index contributed by atoms with van der Waals surface area (Å²) < 4.78 is 48.2. The molecule has 0 amide bonds. The standard InChI is InChI=1S/C68H50N2Si2/c1-47-31-39-61-57(43-47)58-44-48(2)32-40-62(58)70(61)52-36-42-64-60(46-52)59-45-50(49-19-7-3-8-20-49)33-41-63(59)69(64)51-34-37-56(38-35-51)72(55-25-13-6-14-26-55)67-29-17-15-27-65(67)71(53-21-9-4-10-22-53,54-23-11-5-12-24-54)66-28-16-18-30-68(66)72/h3-46H,1-2H3/i3D,7D,8D,19D,20D. The molecule has 0 saturated heterocycles. The summed E-state index contributed by atoms with van der Waals surface area (Å²) in [5, 5.41) is 15.3. The number of fused-ring (bicyclic) bond motifs is 8. The van der Waals surface area contributed by atoms with Gasteiger partial charge in [-0.2, -0.15) is 0 Å². The molecule has 0 bridgehead atoms. The lowest BCUT2D eigenvalue weighted by molar-refractivity contribution is 1.16. The monoisotopic (exact) mass is 955 g/mol. The molecule has 1 aliphatic heterocycles. The number of hydrogen-bond acceptors (Lipinski definition) is 0. The third-order valence-electron chi connectivity index (χ3n) is 15.5. The van der Waals surface area contributed by atoms with E-state index >= 15 is 0 Å². The van der Waals surface area contributed by atoms with E-state index in [1.165, 1.54) is 63.4 Å². The van der Waals surface area contributed by atoms with E-state index in [1.54, 1.807) is 0 Å². The average molecular weight is 956 g/mol. The molecule has 4 heteroatoms. The van der Waals surface area contributed by atoms with Crippen LogP contribution in [0.15, 0.2) is 267 Å². The molecule has 0 spiro atoms. The first-order valence-corrected chi connectivity index (χ1v) is 28.8. The molecule has 0 aliphatic carbocycles. The van der Waals surface area contributed by atoms with Crippen LogP contribution in [0.2, 0.25) is 0 Å². The summed E-state index contributed by atoms with van der Waals surface area (Å²) in [7, 11) is -5.94. The van der Waals surface area contributed by atoms with Gasteiger partial charge in [0, 0.05) is 32.9 Å². The molecule has 0 saturated carbocycles. The predicted octanol–water partition coefficient (Wildman–Crippen LogP) is 11.2. The first kappa shape index (κ1) is 37.3. The van der Waals surface area contributed by atoms with Crippen LogP contribution in [0.25, 0.3) is 66.1 Å². The van der Waals surface area contributed by atoms with Gasteiger partial charge in [-0.15, -0.1) is 0 Å². The fourth-order valence-electron chi connectivity index (χ4n) is 12.6. The van der Waals surface area contributed by atoms with Gasteiger partial charge in [-0.3, -0.25) is 0 Å². The number of nitrogens with zero attached hydrogens (tertiary/aromatic N) is 2. The van der Waals surface area contributed by atoms with Crippen molar-refractivity contribution in [2.24, 2.45) is 0 Å². The Labute approximate surface area is 429 Å². The number of benzene rings is 11. The average Bonchev–Trinajstić information content (AvgIpc) is 4.06. The Kier molecular flexibility index (Phi) is 8.56. The van der Waals surface area contributed by atoms with Crippen LogP contribution in [0.3, 0.4) is 0 Å². The molecule has 13 aromatic rings. The van der Waals surface area contributed by atoms with Gasteiger partial charge in [0.15, 0.2) is 16.1 Å². The van der Waals surface area contributed by atoms with Gasteiger partial charge in [-0.25, -0.2) is 0 Å². The van der Waals surface area contributed by atoms with Gasteiger partial charge in [0.1, 0.15) is 0 Å². The lowest BCUT2D eigenvalue weighted by atomic mass is 10.0.